The van der Waals surface area contributed by atoms with Crippen LogP contribution in [0.5, 0.6) is 0 Å². The van der Waals surface area contributed by atoms with Crippen molar-refractivity contribution in [1.29, 1.82) is 0 Å². The van der Waals surface area contributed by atoms with Gasteiger partial charge in [0.25, 0.3) is 0 Å². The molecular weight excluding hydrogens is 479 g/mol. The predicted octanol–water partition coefficient (Wildman–Crippen LogP) is 3.47. The van der Waals surface area contributed by atoms with Crippen molar-refractivity contribution in [2.24, 2.45) is 7.05 Å². The molecule has 174 valence electrons. The average Bonchev–Trinajstić information content (AvgIpc) is 3.41. The van der Waals surface area contributed by atoms with Gasteiger partial charge < -0.3 is 9.88 Å². The van der Waals surface area contributed by atoms with E-state index in [2.05, 4.69) is 31.0 Å². The molecular formula is C19H18F3N7O2S2. The number of carbonyl (C=O) groups excluding carboxylic acids is 2. The van der Waals surface area contributed by atoms with Gasteiger partial charge in [0.1, 0.15) is 10.8 Å². The number of carbonyl (C=O) groups is 2. The number of thioether (sulfide) groups is 1. The van der Waals surface area contributed by atoms with Crippen LogP contribution in [0.1, 0.15) is 35.2 Å². The van der Waals surface area contributed by atoms with E-state index in [4.69, 9.17) is 0 Å². The van der Waals surface area contributed by atoms with E-state index < -0.39 is 17.6 Å². The van der Waals surface area contributed by atoms with Crippen LogP contribution in [-0.4, -0.2) is 42.5 Å². The Kier molecular flexibility index (Phi) is 6.65. The van der Waals surface area contributed by atoms with Gasteiger partial charge in [0.05, 0.1) is 17.7 Å². The minimum atomic E-state index is -4.50. The summed E-state index contributed by atoms with van der Waals surface area (Å²) in [4.78, 5) is 24.5. The molecule has 1 fully saturated rings. The fraction of sp³-hybridized carbons (Fsp3) is 0.368. The Morgan fingerprint density at radius 2 is 1.94 bits per heavy atom. The number of benzene rings is 1. The summed E-state index contributed by atoms with van der Waals surface area (Å²) in [5.74, 6) is 0.0129. The number of anilines is 2. The molecule has 1 saturated carbocycles. The third kappa shape index (κ3) is 6.07. The summed E-state index contributed by atoms with van der Waals surface area (Å²) in [5.41, 5.74) is -0.821. The highest BCUT2D eigenvalue weighted by Gasteiger charge is 2.30. The van der Waals surface area contributed by atoms with Crippen molar-refractivity contribution in [3.05, 3.63) is 40.7 Å². The molecule has 0 bridgehead atoms. The molecule has 4 rings (SSSR count). The lowest BCUT2D eigenvalue weighted by Crippen LogP contribution is -2.18. The van der Waals surface area contributed by atoms with Crippen molar-refractivity contribution in [3.8, 4) is 0 Å². The highest BCUT2D eigenvalue weighted by atomic mass is 32.2. The number of aromatic nitrogens is 5. The average molecular weight is 498 g/mol. The summed E-state index contributed by atoms with van der Waals surface area (Å²) < 4.78 is 40.0. The van der Waals surface area contributed by atoms with Crippen molar-refractivity contribution >= 4 is 45.7 Å². The lowest BCUT2D eigenvalue weighted by molar-refractivity contribution is -0.137. The molecule has 1 aliphatic rings. The van der Waals surface area contributed by atoms with Crippen molar-refractivity contribution in [2.45, 2.75) is 36.5 Å². The molecule has 1 aromatic carbocycles. The van der Waals surface area contributed by atoms with Crippen LogP contribution in [0.4, 0.5) is 24.0 Å². The number of rotatable bonds is 8. The zero-order valence-electron chi connectivity index (χ0n) is 17.2. The first-order valence-corrected chi connectivity index (χ1v) is 11.6. The smallest absolute Gasteiger partial charge is 0.326 e. The van der Waals surface area contributed by atoms with E-state index in [0.29, 0.717) is 22.0 Å². The predicted molar refractivity (Wildman–Crippen MR) is 116 cm³/mol. The van der Waals surface area contributed by atoms with Crippen LogP contribution < -0.4 is 10.6 Å². The summed E-state index contributed by atoms with van der Waals surface area (Å²) in [6, 6.07) is 4.37. The van der Waals surface area contributed by atoms with Gasteiger partial charge in [-0.1, -0.05) is 29.2 Å². The number of halogens is 3. The zero-order valence-corrected chi connectivity index (χ0v) is 18.9. The summed E-state index contributed by atoms with van der Waals surface area (Å²) in [6.45, 7) is 0. The van der Waals surface area contributed by atoms with Crippen LogP contribution in [0.25, 0.3) is 0 Å². The van der Waals surface area contributed by atoms with Gasteiger partial charge in [-0.25, -0.2) is 0 Å². The van der Waals surface area contributed by atoms with E-state index in [9.17, 15) is 22.8 Å². The van der Waals surface area contributed by atoms with Gasteiger partial charge >= 0.3 is 6.18 Å². The normalized spacial score (nSPS) is 13.7. The van der Waals surface area contributed by atoms with Crippen LogP contribution >= 0.6 is 23.1 Å². The molecule has 2 amide bonds. The second-order valence-electron chi connectivity index (χ2n) is 7.32. The van der Waals surface area contributed by atoms with E-state index in [0.717, 1.165) is 41.7 Å². The molecule has 0 unspecified atom stereocenters. The van der Waals surface area contributed by atoms with Gasteiger partial charge in [-0.2, -0.15) is 13.2 Å². The first kappa shape index (κ1) is 23.2. The maximum Gasteiger partial charge on any atom is 0.416 e. The van der Waals surface area contributed by atoms with Crippen molar-refractivity contribution < 1.29 is 22.8 Å². The van der Waals surface area contributed by atoms with Crippen molar-refractivity contribution in [1.82, 2.24) is 25.0 Å². The molecule has 0 aliphatic heterocycles. The zero-order chi connectivity index (χ0) is 23.6. The minimum absolute atomic E-state index is 0.0322. The molecule has 1 aliphatic carbocycles. The van der Waals surface area contributed by atoms with Gasteiger partial charge in [-0.3, -0.25) is 14.9 Å². The summed E-state index contributed by atoms with van der Waals surface area (Å²) in [7, 11) is 1.64. The van der Waals surface area contributed by atoms with Crippen LogP contribution in [-0.2, 0) is 29.2 Å². The Hall–Kier alpha value is -3.00. The summed E-state index contributed by atoms with van der Waals surface area (Å²) in [5, 5.41) is 22.9. The Bertz CT molecular complexity index is 1170. The quantitative estimate of drug-likeness (QED) is 0.458. The Balaban J connectivity index is 1.29. The molecule has 2 heterocycles. The number of alkyl halides is 3. The Labute approximate surface area is 194 Å². The number of nitrogens with one attached hydrogen (secondary N) is 2. The molecule has 14 heteroatoms. The third-order valence-corrected chi connectivity index (χ3v) is 6.68. The maximum absolute atomic E-state index is 12.8. The van der Waals surface area contributed by atoms with E-state index in [-0.39, 0.29) is 23.8 Å². The fourth-order valence-electron chi connectivity index (χ4n) is 2.81. The SMILES string of the molecule is Cn1c(CC(=O)Nc2cccc(C(F)(F)F)c2)nnc1SCC(=O)Nc1nnc(C2CC2)s1. The molecule has 3 aromatic rings. The topological polar surface area (TPSA) is 115 Å². The van der Waals surface area contributed by atoms with Crippen LogP contribution in [0.15, 0.2) is 29.4 Å². The number of hydrogen-bond acceptors (Lipinski definition) is 8. The molecule has 9 nitrogen and oxygen atoms in total. The molecule has 0 atom stereocenters. The maximum atomic E-state index is 12.8. The van der Waals surface area contributed by atoms with E-state index >= 15 is 0 Å². The van der Waals surface area contributed by atoms with Crippen LogP contribution in [0, 0.1) is 0 Å². The molecule has 0 spiro atoms. The van der Waals surface area contributed by atoms with Gasteiger partial charge in [0, 0.05) is 18.7 Å². The largest absolute Gasteiger partial charge is 0.416 e. The second kappa shape index (κ2) is 9.47. The van der Waals surface area contributed by atoms with E-state index in [1.54, 1.807) is 11.6 Å². The number of hydrogen-bond donors (Lipinski definition) is 2. The monoisotopic (exact) mass is 497 g/mol. The van der Waals surface area contributed by atoms with Gasteiger partial charge in [0.15, 0.2) is 5.16 Å². The molecule has 33 heavy (non-hydrogen) atoms. The summed E-state index contributed by atoms with van der Waals surface area (Å²) in [6.07, 6.45) is -2.49. The third-order valence-electron chi connectivity index (χ3n) is 4.66. The number of amides is 2. The Morgan fingerprint density at radius 3 is 2.67 bits per heavy atom. The van der Waals surface area contributed by atoms with E-state index in [1.165, 1.54) is 23.5 Å². The fourth-order valence-corrected chi connectivity index (χ4v) is 4.47. The van der Waals surface area contributed by atoms with Gasteiger partial charge in [0.2, 0.25) is 16.9 Å². The minimum Gasteiger partial charge on any atom is -0.326 e. The highest BCUT2D eigenvalue weighted by molar-refractivity contribution is 7.99. The van der Waals surface area contributed by atoms with Crippen molar-refractivity contribution in [3.63, 3.8) is 0 Å². The molecule has 2 aromatic heterocycles. The highest BCUT2D eigenvalue weighted by Crippen LogP contribution is 2.42. The first-order valence-electron chi connectivity index (χ1n) is 9.80. The molecule has 0 saturated heterocycles. The standard InChI is InChI=1S/C19H18F3N7O2S2/c1-29-13(8-14(30)23-12-4-2-3-11(7-12)19(20,21)22)25-28-18(29)32-9-15(31)24-17-27-26-16(33-17)10-5-6-10/h2-4,7,10H,5-6,8-9H2,1H3,(H,23,30)(H,24,27,31). The second-order valence-corrected chi connectivity index (χ2v) is 9.27. The summed E-state index contributed by atoms with van der Waals surface area (Å²) >= 11 is 2.50. The van der Waals surface area contributed by atoms with Gasteiger partial charge in [-0.15, -0.1) is 20.4 Å². The molecule has 0 radical (unpaired) electrons. The van der Waals surface area contributed by atoms with Crippen molar-refractivity contribution in [2.75, 3.05) is 16.4 Å². The number of nitrogens with zero attached hydrogens (tertiary/aromatic N) is 5. The van der Waals surface area contributed by atoms with Crippen LogP contribution in [0.2, 0.25) is 0 Å². The lowest BCUT2D eigenvalue weighted by atomic mass is 10.2. The van der Waals surface area contributed by atoms with Gasteiger partial charge in [-0.05, 0) is 31.0 Å². The lowest BCUT2D eigenvalue weighted by Gasteiger charge is -2.10. The van der Waals surface area contributed by atoms with E-state index in [1.807, 2.05) is 0 Å². The molecule has 2 N–H and O–H groups in total. The Morgan fingerprint density at radius 1 is 1.15 bits per heavy atom. The first-order chi connectivity index (χ1) is 15.7. The van der Waals surface area contributed by atoms with Crippen LogP contribution in [0.3, 0.4) is 0 Å².